The zero-order valence-corrected chi connectivity index (χ0v) is 16.1. The molecular formula is C22H23FN6. The Kier molecular flexibility index (Phi) is 4.42. The molecule has 0 unspecified atom stereocenters. The average molecular weight is 390 g/mol. The second-order valence-electron chi connectivity index (χ2n) is 7.39. The Hall–Kier alpha value is -3.35. The highest BCUT2D eigenvalue weighted by atomic mass is 19.1. The molecule has 0 saturated carbocycles. The van der Waals surface area contributed by atoms with E-state index in [4.69, 9.17) is 5.73 Å². The van der Waals surface area contributed by atoms with E-state index in [0.29, 0.717) is 24.5 Å². The van der Waals surface area contributed by atoms with Crippen LogP contribution in [0.4, 0.5) is 33.1 Å². The molecule has 6 nitrogen and oxygen atoms in total. The number of nitrogens with zero attached hydrogens (tertiary/aromatic N) is 5. The summed E-state index contributed by atoms with van der Waals surface area (Å²) in [5.41, 5.74) is 10.3. The van der Waals surface area contributed by atoms with Crippen molar-refractivity contribution in [2.45, 2.75) is 6.42 Å². The molecule has 0 radical (unpaired) electrons. The average Bonchev–Trinajstić information content (AvgIpc) is 3.19. The summed E-state index contributed by atoms with van der Waals surface area (Å²) < 4.78 is 14.1. The molecule has 0 atom stereocenters. The Labute approximate surface area is 169 Å². The Morgan fingerprint density at radius 1 is 0.759 bits per heavy atom. The molecule has 2 aliphatic rings. The van der Waals surface area contributed by atoms with Crippen LogP contribution < -0.4 is 20.4 Å². The maximum atomic E-state index is 14.1. The fraction of sp³-hybridized carbons (Fsp3) is 0.273. The fourth-order valence-corrected chi connectivity index (χ4v) is 4.27. The summed E-state index contributed by atoms with van der Waals surface area (Å²) in [5.74, 6) is 1.33. The van der Waals surface area contributed by atoms with Gasteiger partial charge in [0.2, 0.25) is 0 Å². The number of benzene rings is 2. The number of hydrogen-bond acceptors (Lipinski definition) is 6. The predicted octanol–water partition coefficient (Wildman–Crippen LogP) is 3.22. The van der Waals surface area contributed by atoms with Gasteiger partial charge in [-0.3, -0.25) is 0 Å². The van der Waals surface area contributed by atoms with Crippen molar-refractivity contribution in [1.82, 2.24) is 9.97 Å². The monoisotopic (exact) mass is 390 g/mol. The van der Waals surface area contributed by atoms with Gasteiger partial charge in [0.15, 0.2) is 11.6 Å². The second-order valence-corrected chi connectivity index (χ2v) is 7.39. The summed E-state index contributed by atoms with van der Waals surface area (Å²) in [4.78, 5) is 15.4. The van der Waals surface area contributed by atoms with Crippen molar-refractivity contribution in [3.8, 4) is 0 Å². The highest BCUT2D eigenvalue weighted by Gasteiger charge is 2.27. The highest BCUT2D eigenvalue weighted by Crippen LogP contribution is 2.38. The van der Waals surface area contributed by atoms with Crippen LogP contribution in [0.5, 0.6) is 0 Å². The van der Waals surface area contributed by atoms with Crippen LogP contribution in [-0.2, 0) is 6.42 Å². The number of piperazine rings is 1. The van der Waals surface area contributed by atoms with Gasteiger partial charge in [0.05, 0.1) is 5.69 Å². The molecule has 2 aromatic carbocycles. The van der Waals surface area contributed by atoms with E-state index >= 15 is 0 Å². The van der Waals surface area contributed by atoms with Crippen LogP contribution in [0.1, 0.15) is 5.56 Å². The molecule has 1 aromatic heterocycles. The molecule has 3 aromatic rings. The van der Waals surface area contributed by atoms with Crippen LogP contribution in [0, 0.1) is 5.82 Å². The molecule has 2 N–H and O–H groups in total. The molecule has 5 rings (SSSR count). The molecule has 0 amide bonds. The third-order valence-corrected chi connectivity index (χ3v) is 5.76. The molecule has 0 aliphatic carbocycles. The fourth-order valence-electron chi connectivity index (χ4n) is 4.27. The van der Waals surface area contributed by atoms with Gasteiger partial charge in [-0.2, -0.15) is 0 Å². The van der Waals surface area contributed by atoms with Crippen molar-refractivity contribution >= 4 is 28.7 Å². The van der Waals surface area contributed by atoms with E-state index in [2.05, 4.69) is 42.9 Å². The van der Waals surface area contributed by atoms with E-state index in [-0.39, 0.29) is 5.82 Å². The normalized spacial score (nSPS) is 16.2. The molecule has 29 heavy (non-hydrogen) atoms. The zero-order valence-electron chi connectivity index (χ0n) is 16.1. The first kappa shape index (κ1) is 17.7. The van der Waals surface area contributed by atoms with E-state index < -0.39 is 0 Å². The van der Waals surface area contributed by atoms with Gasteiger partial charge in [-0.05, 0) is 30.2 Å². The standard InChI is InChI=1S/C22H23FN6/c23-17-6-2-4-8-19(17)27-11-13-28(14-12-27)21-20(24)22(26-15-25-21)29-10-9-16-5-1-3-7-18(16)29/h1-8,15H,9-14,24H2. The molecule has 1 fully saturated rings. The molecule has 7 heteroatoms. The number of halogens is 1. The number of nitrogen functional groups attached to an aromatic ring is 1. The van der Waals surface area contributed by atoms with Gasteiger partial charge in [-0.25, -0.2) is 14.4 Å². The molecule has 2 aliphatic heterocycles. The van der Waals surface area contributed by atoms with E-state index in [1.54, 1.807) is 12.4 Å². The van der Waals surface area contributed by atoms with E-state index in [9.17, 15) is 4.39 Å². The topological polar surface area (TPSA) is 61.5 Å². The van der Waals surface area contributed by atoms with Crippen LogP contribution in [0.15, 0.2) is 54.9 Å². The lowest BCUT2D eigenvalue weighted by Crippen LogP contribution is -2.47. The van der Waals surface area contributed by atoms with Crippen LogP contribution in [-0.4, -0.2) is 42.7 Å². The van der Waals surface area contributed by atoms with Gasteiger partial charge >= 0.3 is 0 Å². The van der Waals surface area contributed by atoms with Gasteiger partial charge < -0.3 is 20.4 Å². The van der Waals surface area contributed by atoms with Crippen molar-refractivity contribution in [2.75, 3.05) is 53.2 Å². The number of aromatic nitrogens is 2. The molecule has 148 valence electrons. The summed E-state index contributed by atoms with van der Waals surface area (Å²) >= 11 is 0. The molecule has 1 saturated heterocycles. The minimum absolute atomic E-state index is 0.183. The van der Waals surface area contributed by atoms with Crippen molar-refractivity contribution in [2.24, 2.45) is 0 Å². The maximum absolute atomic E-state index is 14.1. The van der Waals surface area contributed by atoms with Crippen LogP contribution in [0.2, 0.25) is 0 Å². The zero-order chi connectivity index (χ0) is 19.8. The SMILES string of the molecule is Nc1c(N2CCN(c3ccccc3F)CC2)ncnc1N1CCc2ccccc21. The summed E-state index contributed by atoms with van der Waals surface area (Å²) in [7, 11) is 0. The van der Waals surface area contributed by atoms with Crippen molar-refractivity contribution in [1.29, 1.82) is 0 Å². The minimum Gasteiger partial charge on any atom is -0.393 e. The Morgan fingerprint density at radius 2 is 1.41 bits per heavy atom. The quantitative estimate of drug-likeness (QED) is 0.741. The molecule has 0 spiro atoms. The number of fused-ring (bicyclic) bond motifs is 1. The van der Waals surface area contributed by atoms with Crippen LogP contribution in [0.3, 0.4) is 0 Å². The largest absolute Gasteiger partial charge is 0.393 e. The molecular weight excluding hydrogens is 367 g/mol. The lowest BCUT2D eigenvalue weighted by Gasteiger charge is -2.37. The van der Waals surface area contributed by atoms with Gasteiger partial charge in [0.1, 0.15) is 17.8 Å². The van der Waals surface area contributed by atoms with Crippen molar-refractivity contribution in [3.05, 3.63) is 66.2 Å². The summed E-state index contributed by atoms with van der Waals surface area (Å²) in [5, 5.41) is 0. The van der Waals surface area contributed by atoms with Gasteiger partial charge in [-0.15, -0.1) is 0 Å². The Morgan fingerprint density at radius 3 is 2.21 bits per heavy atom. The first-order valence-electron chi connectivity index (χ1n) is 9.93. The van der Waals surface area contributed by atoms with E-state index in [0.717, 1.165) is 43.4 Å². The number of rotatable bonds is 3. The highest BCUT2D eigenvalue weighted by molar-refractivity contribution is 5.81. The second kappa shape index (κ2) is 7.24. The third-order valence-electron chi connectivity index (χ3n) is 5.76. The predicted molar refractivity (Wildman–Crippen MR) is 114 cm³/mol. The molecule has 0 bridgehead atoms. The van der Waals surface area contributed by atoms with E-state index in [1.165, 1.54) is 11.6 Å². The lowest BCUT2D eigenvalue weighted by molar-refractivity contribution is 0.596. The third kappa shape index (κ3) is 3.12. The summed E-state index contributed by atoms with van der Waals surface area (Å²) in [6.45, 7) is 3.75. The number of anilines is 5. The van der Waals surface area contributed by atoms with E-state index in [1.807, 2.05) is 18.2 Å². The van der Waals surface area contributed by atoms with Gasteiger partial charge in [0.25, 0.3) is 0 Å². The number of hydrogen-bond donors (Lipinski definition) is 1. The minimum atomic E-state index is -0.183. The van der Waals surface area contributed by atoms with Gasteiger partial charge in [-0.1, -0.05) is 30.3 Å². The number of para-hydroxylation sites is 2. The van der Waals surface area contributed by atoms with Crippen molar-refractivity contribution in [3.63, 3.8) is 0 Å². The van der Waals surface area contributed by atoms with Crippen molar-refractivity contribution < 1.29 is 4.39 Å². The summed E-state index contributed by atoms with van der Waals surface area (Å²) in [6.07, 6.45) is 2.57. The molecule has 3 heterocycles. The maximum Gasteiger partial charge on any atom is 0.161 e. The van der Waals surface area contributed by atoms with Gasteiger partial charge in [0, 0.05) is 38.4 Å². The smallest absolute Gasteiger partial charge is 0.161 e. The lowest BCUT2D eigenvalue weighted by atomic mass is 10.2. The van der Waals surface area contributed by atoms with Crippen LogP contribution >= 0.6 is 0 Å². The first-order valence-corrected chi connectivity index (χ1v) is 9.93. The number of nitrogens with two attached hydrogens (primary N) is 1. The van der Waals surface area contributed by atoms with Crippen LogP contribution in [0.25, 0.3) is 0 Å². The Bertz CT molecular complexity index is 1030. The Balaban J connectivity index is 1.37. The first-order chi connectivity index (χ1) is 14.2. The summed E-state index contributed by atoms with van der Waals surface area (Å²) in [6, 6.07) is 15.3.